The van der Waals surface area contributed by atoms with Gasteiger partial charge in [-0.2, -0.15) is 5.10 Å². The molecule has 1 atom stereocenters. The third-order valence-electron chi connectivity index (χ3n) is 3.02. The van der Waals surface area contributed by atoms with E-state index in [4.69, 9.17) is 0 Å². The van der Waals surface area contributed by atoms with Crippen molar-refractivity contribution < 1.29 is 0 Å². The summed E-state index contributed by atoms with van der Waals surface area (Å²) in [4.78, 5) is 4.05. The predicted molar refractivity (Wildman–Crippen MR) is 72.3 cm³/mol. The van der Waals surface area contributed by atoms with E-state index >= 15 is 0 Å². The van der Waals surface area contributed by atoms with Gasteiger partial charge in [0.2, 0.25) is 0 Å². The summed E-state index contributed by atoms with van der Waals surface area (Å²) in [6.07, 6.45) is 8.72. The second-order valence-corrected chi connectivity index (χ2v) is 4.30. The van der Waals surface area contributed by atoms with E-state index in [1.54, 1.807) is 0 Å². The van der Waals surface area contributed by atoms with Gasteiger partial charge in [0.15, 0.2) is 0 Å². The number of nitrogens with one attached hydrogen (secondary N) is 1. The van der Waals surface area contributed by atoms with Crippen LogP contribution in [-0.2, 0) is 13.0 Å². The quantitative estimate of drug-likeness (QED) is 0.847. The SMILES string of the molecule is CCNC(Cc1ccncc1)c1cnn(CC)c1. The Labute approximate surface area is 108 Å². The van der Waals surface area contributed by atoms with Crippen molar-refractivity contribution in [1.29, 1.82) is 0 Å². The summed E-state index contributed by atoms with van der Waals surface area (Å²) >= 11 is 0. The Bertz CT molecular complexity index is 464. The van der Waals surface area contributed by atoms with Crippen molar-refractivity contribution in [3.63, 3.8) is 0 Å². The molecule has 0 saturated heterocycles. The Morgan fingerprint density at radius 3 is 2.67 bits per heavy atom. The first kappa shape index (κ1) is 12.8. The highest BCUT2D eigenvalue weighted by molar-refractivity contribution is 5.18. The van der Waals surface area contributed by atoms with E-state index in [1.807, 2.05) is 23.3 Å². The molecule has 96 valence electrons. The highest BCUT2D eigenvalue weighted by Gasteiger charge is 2.12. The predicted octanol–water partition coefficient (Wildman–Crippen LogP) is 2.19. The van der Waals surface area contributed by atoms with Crippen molar-refractivity contribution in [3.05, 3.63) is 48.0 Å². The third-order valence-corrected chi connectivity index (χ3v) is 3.02. The number of aryl methyl sites for hydroxylation is 1. The minimum Gasteiger partial charge on any atom is -0.310 e. The van der Waals surface area contributed by atoms with E-state index in [1.165, 1.54) is 11.1 Å². The number of nitrogens with zero attached hydrogens (tertiary/aromatic N) is 3. The lowest BCUT2D eigenvalue weighted by atomic mass is 10.0. The third kappa shape index (κ3) is 3.17. The fourth-order valence-electron chi connectivity index (χ4n) is 2.04. The molecular weight excluding hydrogens is 224 g/mol. The summed E-state index contributed by atoms with van der Waals surface area (Å²) in [5.74, 6) is 0. The van der Waals surface area contributed by atoms with E-state index < -0.39 is 0 Å². The lowest BCUT2D eigenvalue weighted by molar-refractivity contribution is 0.548. The molecule has 2 rings (SSSR count). The van der Waals surface area contributed by atoms with Gasteiger partial charge in [-0.05, 0) is 37.6 Å². The first-order chi connectivity index (χ1) is 8.83. The molecule has 1 unspecified atom stereocenters. The summed E-state index contributed by atoms with van der Waals surface area (Å²) in [6.45, 7) is 6.09. The van der Waals surface area contributed by atoms with Crippen LogP contribution in [0.4, 0.5) is 0 Å². The molecule has 0 radical (unpaired) electrons. The van der Waals surface area contributed by atoms with Gasteiger partial charge in [0, 0.05) is 36.7 Å². The molecule has 18 heavy (non-hydrogen) atoms. The van der Waals surface area contributed by atoms with Crippen molar-refractivity contribution in [2.75, 3.05) is 6.54 Å². The maximum atomic E-state index is 4.34. The van der Waals surface area contributed by atoms with Crippen molar-refractivity contribution in [3.8, 4) is 0 Å². The highest BCUT2D eigenvalue weighted by atomic mass is 15.3. The van der Waals surface area contributed by atoms with Crippen LogP contribution in [0.3, 0.4) is 0 Å². The molecule has 0 aliphatic rings. The van der Waals surface area contributed by atoms with E-state index in [9.17, 15) is 0 Å². The van der Waals surface area contributed by atoms with Gasteiger partial charge in [-0.15, -0.1) is 0 Å². The molecule has 2 aromatic rings. The van der Waals surface area contributed by atoms with Gasteiger partial charge in [-0.25, -0.2) is 0 Å². The van der Waals surface area contributed by atoms with Crippen LogP contribution in [0.15, 0.2) is 36.9 Å². The maximum absolute atomic E-state index is 4.34. The van der Waals surface area contributed by atoms with Crippen LogP contribution in [0.25, 0.3) is 0 Å². The standard InChI is InChI=1S/C14H20N4/c1-3-16-14(9-12-5-7-15-8-6-12)13-10-17-18(4-2)11-13/h5-8,10-11,14,16H,3-4,9H2,1-2H3. The molecule has 4 heteroatoms. The summed E-state index contributed by atoms with van der Waals surface area (Å²) < 4.78 is 1.96. The molecule has 0 aliphatic carbocycles. The Balaban J connectivity index is 2.12. The van der Waals surface area contributed by atoms with Crippen LogP contribution in [0, 0.1) is 0 Å². The number of hydrogen-bond acceptors (Lipinski definition) is 3. The van der Waals surface area contributed by atoms with Crippen LogP contribution in [-0.4, -0.2) is 21.3 Å². The fourth-order valence-corrected chi connectivity index (χ4v) is 2.04. The lowest BCUT2D eigenvalue weighted by Gasteiger charge is -2.16. The Hall–Kier alpha value is -1.68. The van der Waals surface area contributed by atoms with Crippen LogP contribution in [0.5, 0.6) is 0 Å². The van der Waals surface area contributed by atoms with Crippen LogP contribution in [0.1, 0.15) is 31.0 Å². The molecule has 0 amide bonds. The van der Waals surface area contributed by atoms with Gasteiger partial charge < -0.3 is 5.32 Å². The number of rotatable bonds is 6. The van der Waals surface area contributed by atoms with Crippen molar-refractivity contribution in [2.45, 2.75) is 32.9 Å². The van der Waals surface area contributed by atoms with Gasteiger partial charge in [0.25, 0.3) is 0 Å². The zero-order valence-corrected chi connectivity index (χ0v) is 11.0. The lowest BCUT2D eigenvalue weighted by Crippen LogP contribution is -2.22. The number of aromatic nitrogens is 3. The zero-order valence-electron chi connectivity index (χ0n) is 11.0. The van der Waals surface area contributed by atoms with Crippen LogP contribution in [0.2, 0.25) is 0 Å². The molecule has 4 nitrogen and oxygen atoms in total. The maximum Gasteiger partial charge on any atom is 0.0537 e. The second-order valence-electron chi connectivity index (χ2n) is 4.30. The summed E-state index contributed by atoms with van der Waals surface area (Å²) in [7, 11) is 0. The molecule has 0 aliphatic heterocycles. The molecule has 2 aromatic heterocycles. The fraction of sp³-hybridized carbons (Fsp3) is 0.429. The smallest absolute Gasteiger partial charge is 0.0537 e. The number of likely N-dealkylation sites (N-methyl/N-ethyl adjacent to an activating group) is 1. The molecule has 0 bridgehead atoms. The molecule has 0 spiro atoms. The molecule has 0 aromatic carbocycles. The molecule has 1 N–H and O–H groups in total. The van der Waals surface area contributed by atoms with Crippen LogP contribution < -0.4 is 5.32 Å². The second kappa shape index (κ2) is 6.31. The van der Waals surface area contributed by atoms with E-state index in [-0.39, 0.29) is 0 Å². The molecule has 0 fully saturated rings. The Morgan fingerprint density at radius 2 is 2.06 bits per heavy atom. The van der Waals surface area contributed by atoms with Gasteiger partial charge in [-0.1, -0.05) is 6.92 Å². The van der Waals surface area contributed by atoms with Crippen molar-refractivity contribution >= 4 is 0 Å². The van der Waals surface area contributed by atoms with Crippen LogP contribution >= 0.6 is 0 Å². The topological polar surface area (TPSA) is 42.7 Å². The summed E-state index contributed by atoms with van der Waals surface area (Å²) in [6, 6.07) is 4.45. The van der Waals surface area contributed by atoms with Gasteiger partial charge >= 0.3 is 0 Å². The minimum absolute atomic E-state index is 0.317. The first-order valence-electron chi connectivity index (χ1n) is 6.48. The monoisotopic (exact) mass is 244 g/mol. The molecule has 0 saturated carbocycles. The average Bonchev–Trinajstić information content (AvgIpc) is 2.88. The summed E-state index contributed by atoms with van der Waals surface area (Å²) in [5.41, 5.74) is 2.54. The van der Waals surface area contributed by atoms with Gasteiger partial charge in [0.1, 0.15) is 0 Å². The summed E-state index contributed by atoms with van der Waals surface area (Å²) in [5, 5.41) is 7.85. The van der Waals surface area contributed by atoms with E-state index in [0.29, 0.717) is 6.04 Å². The average molecular weight is 244 g/mol. The van der Waals surface area contributed by atoms with Crippen molar-refractivity contribution in [2.24, 2.45) is 0 Å². The van der Waals surface area contributed by atoms with Gasteiger partial charge in [-0.3, -0.25) is 9.67 Å². The number of hydrogen-bond donors (Lipinski definition) is 1. The first-order valence-corrected chi connectivity index (χ1v) is 6.48. The van der Waals surface area contributed by atoms with Gasteiger partial charge in [0.05, 0.1) is 6.20 Å². The highest BCUT2D eigenvalue weighted by Crippen LogP contribution is 2.17. The normalized spacial score (nSPS) is 12.6. The largest absolute Gasteiger partial charge is 0.310 e. The Kier molecular flexibility index (Phi) is 4.47. The minimum atomic E-state index is 0.317. The van der Waals surface area contributed by atoms with Crippen molar-refractivity contribution in [1.82, 2.24) is 20.1 Å². The zero-order chi connectivity index (χ0) is 12.8. The number of pyridine rings is 1. The Morgan fingerprint density at radius 1 is 1.28 bits per heavy atom. The van der Waals surface area contributed by atoms with E-state index in [0.717, 1.165) is 19.5 Å². The van der Waals surface area contributed by atoms with E-state index in [2.05, 4.69) is 47.6 Å². The molecule has 2 heterocycles. The molecular formula is C14H20N4.